The highest BCUT2D eigenvalue weighted by Gasteiger charge is 2.23. The molecule has 0 amide bonds. The molecule has 2 atom stereocenters. The molecule has 120 valence electrons. The fourth-order valence-corrected chi connectivity index (χ4v) is 2.32. The highest BCUT2D eigenvalue weighted by Crippen LogP contribution is 2.12. The molecule has 1 aromatic rings. The molecular weight excluding hydrogens is 288 g/mol. The number of anilines is 1. The predicted octanol–water partition coefficient (Wildman–Crippen LogP) is 1.02. The number of aromatic nitrogens is 1. The van der Waals surface area contributed by atoms with Gasteiger partial charge < -0.3 is 20.6 Å². The lowest BCUT2D eigenvalue weighted by Crippen LogP contribution is -2.30. The van der Waals surface area contributed by atoms with Gasteiger partial charge in [0.2, 0.25) is 0 Å². The van der Waals surface area contributed by atoms with Crippen LogP contribution in [0.25, 0.3) is 0 Å². The van der Waals surface area contributed by atoms with Gasteiger partial charge in [-0.25, -0.2) is 4.98 Å². The van der Waals surface area contributed by atoms with E-state index in [4.69, 9.17) is 0 Å². The summed E-state index contributed by atoms with van der Waals surface area (Å²) in [6.07, 6.45) is 1.70. The Balaban J connectivity index is 0.00000220. The number of pyridine rings is 1. The zero-order valence-corrected chi connectivity index (χ0v) is 13.9. The van der Waals surface area contributed by atoms with E-state index in [1.54, 1.807) is 0 Å². The van der Waals surface area contributed by atoms with Gasteiger partial charge in [-0.05, 0) is 25.5 Å². The van der Waals surface area contributed by atoms with Crippen LogP contribution in [-0.4, -0.2) is 48.9 Å². The van der Waals surface area contributed by atoms with Gasteiger partial charge in [-0.2, -0.15) is 0 Å². The number of aliphatic hydroxyl groups is 1. The number of halogens is 1. The minimum atomic E-state index is -0.220. The summed E-state index contributed by atoms with van der Waals surface area (Å²) < 4.78 is 0. The lowest BCUT2D eigenvalue weighted by molar-refractivity contribution is 0.146. The lowest BCUT2D eigenvalue weighted by Gasteiger charge is -2.22. The maximum Gasteiger partial charge on any atom is 0.128 e. The van der Waals surface area contributed by atoms with Crippen LogP contribution in [0.1, 0.15) is 19.4 Å². The molecular formula is C15H27ClN4O. The van der Waals surface area contributed by atoms with Crippen molar-refractivity contribution in [3.8, 4) is 0 Å². The van der Waals surface area contributed by atoms with Gasteiger partial charge >= 0.3 is 0 Å². The Morgan fingerprint density at radius 1 is 1.43 bits per heavy atom. The van der Waals surface area contributed by atoms with Gasteiger partial charge in [0.05, 0.1) is 6.10 Å². The fraction of sp³-hybridized carbons (Fsp3) is 0.667. The molecule has 21 heavy (non-hydrogen) atoms. The topological polar surface area (TPSA) is 60.4 Å². The zero-order valence-electron chi connectivity index (χ0n) is 13.0. The molecule has 2 rings (SSSR count). The lowest BCUT2D eigenvalue weighted by atomic mass is 10.1. The first-order chi connectivity index (χ1) is 9.58. The van der Waals surface area contributed by atoms with Gasteiger partial charge in [0.1, 0.15) is 5.82 Å². The number of rotatable bonds is 6. The quantitative estimate of drug-likeness (QED) is 0.732. The van der Waals surface area contributed by atoms with Crippen molar-refractivity contribution in [3.63, 3.8) is 0 Å². The number of nitrogens with one attached hydrogen (secondary N) is 2. The SMILES string of the molecule is CC(C)N(C)c1ccc(CNCC2CNCC2O)cn1.Cl. The van der Waals surface area contributed by atoms with Crippen LogP contribution in [-0.2, 0) is 6.54 Å². The standard InChI is InChI=1S/C15H26N4O.ClH/c1-11(2)19(3)15-5-4-12(7-18-15)6-16-8-13-9-17-10-14(13)20;/h4-5,7,11,13-14,16-17,20H,6,8-10H2,1-3H3;1H. The van der Waals surface area contributed by atoms with Crippen LogP contribution in [0.2, 0.25) is 0 Å². The van der Waals surface area contributed by atoms with Gasteiger partial charge in [-0.15, -0.1) is 12.4 Å². The maximum absolute atomic E-state index is 9.72. The van der Waals surface area contributed by atoms with Crippen molar-refractivity contribution >= 4 is 18.2 Å². The summed E-state index contributed by atoms with van der Waals surface area (Å²) in [6.45, 7) is 7.54. The van der Waals surface area contributed by atoms with Crippen LogP contribution in [0.15, 0.2) is 18.3 Å². The minimum absolute atomic E-state index is 0. The Morgan fingerprint density at radius 3 is 2.71 bits per heavy atom. The van der Waals surface area contributed by atoms with E-state index in [1.807, 2.05) is 6.20 Å². The van der Waals surface area contributed by atoms with E-state index in [0.717, 1.165) is 25.5 Å². The molecule has 0 bridgehead atoms. The van der Waals surface area contributed by atoms with Gasteiger partial charge in [0.25, 0.3) is 0 Å². The second kappa shape index (κ2) is 8.54. The van der Waals surface area contributed by atoms with E-state index in [9.17, 15) is 5.11 Å². The van der Waals surface area contributed by atoms with Crippen LogP contribution < -0.4 is 15.5 Å². The molecule has 6 heteroatoms. The second-order valence-corrected chi connectivity index (χ2v) is 5.85. The van der Waals surface area contributed by atoms with Crippen molar-refractivity contribution in [1.29, 1.82) is 0 Å². The number of nitrogens with zero attached hydrogens (tertiary/aromatic N) is 2. The molecule has 1 aromatic heterocycles. The average molecular weight is 315 g/mol. The molecule has 5 nitrogen and oxygen atoms in total. The van der Waals surface area contributed by atoms with Crippen LogP contribution in [0.5, 0.6) is 0 Å². The minimum Gasteiger partial charge on any atom is -0.391 e. The summed E-state index contributed by atoms with van der Waals surface area (Å²) in [6, 6.07) is 4.61. The number of β-amino-alcohol motifs (C(OH)–C–C–N with tert-alkyl or cyclic N) is 1. The van der Waals surface area contributed by atoms with Crippen molar-refractivity contribution in [2.75, 3.05) is 31.6 Å². The molecule has 0 aliphatic carbocycles. The van der Waals surface area contributed by atoms with Gasteiger partial charge in [-0.3, -0.25) is 0 Å². The normalized spacial score (nSPS) is 21.4. The van der Waals surface area contributed by atoms with Crippen LogP contribution >= 0.6 is 12.4 Å². The van der Waals surface area contributed by atoms with Crippen LogP contribution in [0.4, 0.5) is 5.82 Å². The molecule has 2 heterocycles. The first-order valence-corrected chi connectivity index (χ1v) is 7.35. The largest absolute Gasteiger partial charge is 0.391 e. The monoisotopic (exact) mass is 314 g/mol. The molecule has 1 saturated heterocycles. The molecule has 2 unspecified atom stereocenters. The number of hydrogen-bond acceptors (Lipinski definition) is 5. The van der Waals surface area contributed by atoms with E-state index >= 15 is 0 Å². The van der Waals surface area contributed by atoms with Crippen LogP contribution in [0.3, 0.4) is 0 Å². The van der Waals surface area contributed by atoms with Crippen LogP contribution in [0, 0.1) is 5.92 Å². The highest BCUT2D eigenvalue weighted by molar-refractivity contribution is 5.85. The Hall–Kier alpha value is -0.880. The van der Waals surface area contributed by atoms with Crippen molar-refractivity contribution in [3.05, 3.63) is 23.9 Å². The van der Waals surface area contributed by atoms with E-state index in [1.165, 1.54) is 5.56 Å². The summed E-state index contributed by atoms with van der Waals surface area (Å²) in [5.74, 6) is 1.31. The average Bonchev–Trinajstić information content (AvgIpc) is 2.84. The van der Waals surface area contributed by atoms with Gasteiger partial charge in [0, 0.05) is 51.4 Å². The summed E-state index contributed by atoms with van der Waals surface area (Å²) in [7, 11) is 2.05. The maximum atomic E-state index is 9.72. The third-order valence-electron chi connectivity index (χ3n) is 3.98. The smallest absolute Gasteiger partial charge is 0.128 e. The predicted molar refractivity (Wildman–Crippen MR) is 89.1 cm³/mol. The molecule has 0 saturated carbocycles. The summed E-state index contributed by atoms with van der Waals surface area (Å²) in [4.78, 5) is 6.64. The third-order valence-corrected chi connectivity index (χ3v) is 3.98. The molecule has 0 spiro atoms. The van der Waals surface area contributed by atoms with Gasteiger partial charge in [-0.1, -0.05) is 6.07 Å². The van der Waals surface area contributed by atoms with Crippen molar-refractivity contribution in [2.24, 2.45) is 5.92 Å². The molecule has 1 aliphatic rings. The van der Waals surface area contributed by atoms with E-state index in [-0.39, 0.29) is 18.5 Å². The Bertz CT molecular complexity index is 413. The van der Waals surface area contributed by atoms with Crippen molar-refractivity contribution in [1.82, 2.24) is 15.6 Å². The van der Waals surface area contributed by atoms with Gasteiger partial charge in [0.15, 0.2) is 0 Å². The highest BCUT2D eigenvalue weighted by atomic mass is 35.5. The van der Waals surface area contributed by atoms with E-state index in [2.05, 4.69) is 53.5 Å². The fourth-order valence-electron chi connectivity index (χ4n) is 2.32. The molecule has 1 fully saturated rings. The van der Waals surface area contributed by atoms with E-state index < -0.39 is 0 Å². The van der Waals surface area contributed by atoms with E-state index in [0.29, 0.717) is 18.5 Å². The summed E-state index contributed by atoms with van der Waals surface area (Å²) >= 11 is 0. The first-order valence-electron chi connectivity index (χ1n) is 7.35. The number of aliphatic hydroxyl groups excluding tert-OH is 1. The van der Waals surface area contributed by atoms with Crippen molar-refractivity contribution < 1.29 is 5.11 Å². The second-order valence-electron chi connectivity index (χ2n) is 5.85. The summed E-state index contributed by atoms with van der Waals surface area (Å²) in [5, 5.41) is 16.3. The third kappa shape index (κ3) is 5.11. The molecule has 0 aromatic carbocycles. The zero-order chi connectivity index (χ0) is 14.5. The Morgan fingerprint density at radius 2 is 2.19 bits per heavy atom. The molecule has 1 aliphatic heterocycles. The summed E-state index contributed by atoms with van der Waals surface area (Å²) in [5.41, 5.74) is 1.17. The first kappa shape index (κ1) is 18.2. The Labute approximate surface area is 133 Å². The van der Waals surface area contributed by atoms with Crippen molar-refractivity contribution in [2.45, 2.75) is 32.5 Å². The number of hydrogen-bond donors (Lipinski definition) is 3. The molecule has 0 radical (unpaired) electrons. The Kier molecular flexibility index (Phi) is 7.39. The molecule has 3 N–H and O–H groups in total.